The zero-order chi connectivity index (χ0) is 13.9. The van der Waals surface area contributed by atoms with Gasteiger partial charge in [-0.15, -0.1) is 0 Å². The maximum atomic E-state index is 12.1. The molecule has 0 bridgehead atoms. The van der Waals surface area contributed by atoms with Crippen LogP contribution in [-0.2, 0) is 17.6 Å². The number of amides is 1. The lowest BCUT2D eigenvalue weighted by molar-refractivity contribution is -0.121. The van der Waals surface area contributed by atoms with Crippen LogP contribution in [0.15, 0.2) is 54.6 Å². The van der Waals surface area contributed by atoms with E-state index in [0.717, 1.165) is 16.7 Å². The van der Waals surface area contributed by atoms with E-state index in [9.17, 15) is 9.90 Å². The number of fused-ring (bicyclic) bond motifs is 1. The summed E-state index contributed by atoms with van der Waals surface area (Å²) in [6.07, 6.45) is 0.408. The van der Waals surface area contributed by atoms with Crippen LogP contribution in [0.2, 0.25) is 0 Å². The van der Waals surface area contributed by atoms with Crippen LogP contribution in [-0.4, -0.2) is 17.1 Å². The van der Waals surface area contributed by atoms with Gasteiger partial charge in [0.2, 0.25) is 5.91 Å². The van der Waals surface area contributed by atoms with Crippen LogP contribution in [0, 0.1) is 0 Å². The minimum absolute atomic E-state index is 0.0584. The molecular formula is C17H17NO2. The molecule has 20 heavy (non-hydrogen) atoms. The lowest BCUT2D eigenvalue weighted by atomic mass is 10.1. The Balaban J connectivity index is 1.70. The summed E-state index contributed by atoms with van der Waals surface area (Å²) in [5.41, 5.74) is 3.12. The third-order valence-electron chi connectivity index (χ3n) is 3.73. The van der Waals surface area contributed by atoms with Crippen LogP contribution in [0.4, 0.5) is 0 Å². The highest BCUT2D eigenvalue weighted by Gasteiger charge is 2.31. The van der Waals surface area contributed by atoms with Crippen LogP contribution in [0.1, 0.15) is 22.7 Å². The Morgan fingerprint density at radius 3 is 2.60 bits per heavy atom. The molecule has 0 aliphatic heterocycles. The number of hydrogen-bond donors (Lipinski definition) is 2. The van der Waals surface area contributed by atoms with E-state index in [2.05, 4.69) is 5.32 Å². The summed E-state index contributed by atoms with van der Waals surface area (Å²) in [4.78, 5) is 12.1. The van der Waals surface area contributed by atoms with E-state index < -0.39 is 6.10 Å². The Bertz CT molecular complexity index is 609. The van der Waals surface area contributed by atoms with Crippen molar-refractivity contribution < 1.29 is 9.90 Å². The van der Waals surface area contributed by atoms with Crippen LogP contribution >= 0.6 is 0 Å². The summed E-state index contributed by atoms with van der Waals surface area (Å²) in [6.45, 7) is 0. The van der Waals surface area contributed by atoms with Crippen molar-refractivity contribution in [3.8, 4) is 0 Å². The molecule has 2 aromatic rings. The Morgan fingerprint density at radius 2 is 1.80 bits per heavy atom. The average Bonchev–Trinajstić information content (AvgIpc) is 2.76. The second-order valence-corrected chi connectivity index (χ2v) is 5.18. The Kier molecular flexibility index (Phi) is 3.52. The molecule has 0 aromatic heterocycles. The van der Waals surface area contributed by atoms with Crippen LogP contribution < -0.4 is 5.32 Å². The molecule has 3 heteroatoms. The number of benzene rings is 2. The molecule has 0 unspecified atom stereocenters. The Labute approximate surface area is 118 Å². The van der Waals surface area contributed by atoms with Gasteiger partial charge in [-0.25, -0.2) is 0 Å². The van der Waals surface area contributed by atoms with Gasteiger partial charge in [0.05, 0.1) is 18.6 Å². The molecule has 0 saturated heterocycles. The molecular weight excluding hydrogens is 250 g/mol. The molecule has 0 fully saturated rings. The normalized spacial score (nSPS) is 20.4. The predicted octanol–water partition coefficient (Wildman–Crippen LogP) is 2.00. The van der Waals surface area contributed by atoms with Gasteiger partial charge >= 0.3 is 0 Å². The first-order chi connectivity index (χ1) is 9.74. The van der Waals surface area contributed by atoms with Crippen molar-refractivity contribution in [2.75, 3.05) is 0 Å². The van der Waals surface area contributed by atoms with Gasteiger partial charge in [0.1, 0.15) is 0 Å². The Hall–Kier alpha value is -2.13. The van der Waals surface area contributed by atoms with Crippen molar-refractivity contribution in [2.24, 2.45) is 0 Å². The van der Waals surface area contributed by atoms with Crippen LogP contribution in [0.25, 0.3) is 0 Å². The molecule has 1 aliphatic rings. The summed E-state index contributed by atoms with van der Waals surface area (Å²) in [5.74, 6) is -0.0584. The first kappa shape index (κ1) is 12.9. The number of hydrogen-bond acceptors (Lipinski definition) is 2. The summed E-state index contributed by atoms with van der Waals surface area (Å²) in [6, 6.07) is 17.2. The number of carbonyl (C=O) groups is 1. The fourth-order valence-corrected chi connectivity index (χ4v) is 2.75. The summed E-state index contributed by atoms with van der Waals surface area (Å²) < 4.78 is 0. The second kappa shape index (κ2) is 5.47. The molecule has 2 N–H and O–H groups in total. The third kappa shape index (κ3) is 2.58. The number of aliphatic hydroxyl groups excluding tert-OH is 1. The highest BCUT2D eigenvalue weighted by atomic mass is 16.3. The predicted molar refractivity (Wildman–Crippen MR) is 77.2 cm³/mol. The van der Waals surface area contributed by atoms with Crippen molar-refractivity contribution in [3.05, 3.63) is 71.3 Å². The highest BCUT2D eigenvalue weighted by Crippen LogP contribution is 2.31. The zero-order valence-corrected chi connectivity index (χ0v) is 11.1. The summed E-state index contributed by atoms with van der Waals surface area (Å²) in [5, 5.41) is 13.1. The SMILES string of the molecule is O=C(Cc1ccccc1)N[C@H]1c2ccccc2C[C@H]1O. The molecule has 0 saturated carbocycles. The Morgan fingerprint density at radius 1 is 1.10 bits per heavy atom. The molecule has 2 aromatic carbocycles. The smallest absolute Gasteiger partial charge is 0.224 e. The molecule has 1 aliphatic carbocycles. The first-order valence-corrected chi connectivity index (χ1v) is 6.83. The maximum Gasteiger partial charge on any atom is 0.224 e. The molecule has 1 amide bonds. The molecule has 2 atom stereocenters. The third-order valence-corrected chi connectivity index (χ3v) is 3.73. The second-order valence-electron chi connectivity index (χ2n) is 5.18. The summed E-state index contributed by atoms with van der Waals surface area (Å²) in [7, 11) is 0. The van der Waals surface area contributed by atoms with Gasteiger partial charge in [0.25, 0.3) is 0 Å². The van der Waals surface area contributed by atoms with E-state index >= 15 is 0 Å². The van der Waals surface area contributed by atoms with E-state index in [1.807, 2.05) is 54.6 Å². The molecule has 3 nitrogen and oxygen atoms in total. The van der Waals surface area contributed by atoms with E-state index in [-0.39, 0.29) is 11.9 Å². The van der Waals surface area contributed by atoms with Crippen LogP contribution in [0.5, 0.6) is 0 Å². The van der Waals surface area contributed by atoms with Gasteiger partial charge in [0, 0.05) is 6.42 Å². The van der Waals surface area contributed by atoms with E-state index in [0.29, 0.717) is 12.8 Å². The van der Waals surface area contributed by atoms with Crippen LogP contribution in [0.3, 0.4) is 0 Å². The van der Waals surface area contributed by atoms with Gasteiger partial charge < -0.3 is 10.4 Å². The van der Waals surface area contributed by atoms with Crippen molar-refractivity contribution >= 4 is 5.91 Å². The van der Waals surface area contributed by atoms with Gasteiger partial charge in [-0.1, -0.05) is 54.6 Å². The minimum atomic E-state index is -0.535. The number of rotatable bonds is 3. The van der Waals surface area contributed by atoms with Gasteiger partial charge in [-0.05, 0) is 16.7 Å². The van der Waals surface area contributed by atoms with Gasteiger partial charge in [0.15, 0.2) is 0 Å². The monoisotopic (exact) mass is 267 g/mol. The van der Waals surface area contributed by atoms with Gasteiger partial charge in [-0.3, -0.25) is 4.79 Å². The molecule has 0 radical (unpaired) electrons. The maximum absolute atomic E-state index is 12.1. The quantitative estimate of drug-likeness (QED) is 0.893. The summed E-state index contributed by atoms with van der Waals surface area (Å²) >= 11 is 0. The van der Waals surface area contributed by atoms with E-state index in [1.54, 1.807) is 0 Å². The highest BCUT2D eigenvalue weighted by molar-refractivity contribution is 5.79. The first-order valence-electron chi connectivity index (χ1n) is 6.83. The van der Waals surface area contributed by atoms with Crippen molar-refractivity contribution in [2.45, 2.75) is 25.0 Å². The van der Waals surface area contributed by atoms with Crippen molar-refractivity contribution in [1.29, 1.82) is 0 Å². The topological polar surface area (TPSA) is 49.3 Å². The van der Waals surface area contributed by atoms with E-state index in [1.165, 1.54) is 0 Å². The largest absolute Gasteiger partial charge is 0.390 e. The number of nitrogens with one attached hydrogen (secondary N) is 1. The van der Waals surface area contributed by atoms with Gasteiger partial charge in [-0.2, -0.15) is 0 Å². The lowest BCUT2D eigenvalue weighted by Gasteiger charge is -2.18. The standard InChI is InChI=1S/C17H17NO2/c19-15-11-13-8-4-5-9-14(13)17(15)18-16(20)10-12-6-2-1-3-7-12/h1-9,15,17,19H,10-11H2,(H,18,20)/t15-,17+/m1/s1. The average molecular weight is 267 g/mol. The molecule has 102 valence electrons. The fraction of sp³-hybridized carbons (Fsp3) is 0.235. The van der Waals surface area contributed by atoms with Crippen molar-refractivity contribution in [1.82, 2.24) is 5.32 Å². The molecule has 0 spiro atoms. The zero-order valence-electron chi connectivity index (χ0n) is 11.1. The lowest BCUT2D eigenvalue weighted by Crippen LogP contribution is -2.34. The molecule has 0 heterocycles. The number of aliphatic hydroxyl groups is 1. The fourth-order valence-electron chi connectivity index (χ4n) is 2.75. The van der Waals surface area contributed by atoms with Crippen molar-refractivity contribution in [3.63, 3.8) is 0 Å². The van der Waals surface area contributed by atoms with E-state index in [4.69, 9.17) is 0 Å². The molecule has 3 rings (SSSR count). The number of carbonyl (C=O) groups excluding carboxylic acids is 1. The minimum Gasteiger partial charge on any atom is -0.390 e.